The van der Waals surface area contributed by atoms with E-state index in [-0.39, 0.29) is 29.8 Å². The zero-order valence-electron chi connectivity index (χ0n) is 24.9. The van der Waals surface area contributed by atoms with E-state index < -0.39 is 19.0 Å². The SMILES string of the molecule is CCC/C(=C\c1cc(C)c(O)c(C)c1)CC[C@H]1OB(O)C[C@H]2C1=C(C(C)C)C[C@H]1C(=O)N(c3ccccc3)C(=O)[C@H]12. The van der Waals surface area contributed by atoms with Crippen LogP contribution in [0.3, 0.4) is 0 Å². The number of carbonyl (C=O) groups is 2. The molecule has 41 heavy (non-hydrogen) atoms. The number of para-hydroxylation sites is 1. The van der Waals surface area contributed by atoms with Crippen LogP contribution in [0.15, 0.2) is 59.2 Å². The molecule has 2 aromatic carbocycles. The van der Waals surface area contributed by atoms with Gasteiger partial charge in [0.15, 0.2) is 0 Å². The summed E-state index contributed by atoms with van der Waals surface area (Å²) in [5, 5.41) is 21.1. The van der Waals surface area contributed by atoms with Gasteiger partial charge in [-0.3, -0.25) is 14.5 Å². The average Bonchev–Trinajstić information content (AvgIpc) is 3.19. The van der Waals surface area contributed by atoms with Crippen LogP contribution in [-0.2, 0) is 14.2 Å². The predicted molar refractivity (Wildman–Crippen MR) is 163 cm³/mol. The fraction of sp³-hybridized carbons (Fsp3) is 0.471. The molecule has 2 saturated heterocycles. The molecular weight excluding hydrogens is 513 g/mol. The number of aromatic hydroxyl groups is 1. The third-order valence-electron chi connectivity index (χ3n) is 9.14. The summed E-state index contributed by atoms with van der Waals surface area (Å²) in [5.41, 5.74) is 7.03. The summed E-state index contributed by atoms with van der Waals surface area (Å²) < 4.78 is 6.22. The summed E-state index contributed by atoms with van der Waals surface area (Å²) in [6.07, 6.45) is 6.23. The molecule has 0 saturated carbocycles. The van der Waals surface area contributed by atoms with Crippen LogP contribution in [0.4, 0.5) is 5.69 Å². The van der Waals surface area contributed by atoms with Crippen LogP contribution < -0.4 is 4.90 Å². The highest BCUT2D eigenvalue weighted by molar-refractivity contribution is 6.43. The van der Waals surface area contributed by atoms with E-state index in [1.165, 1.54) is 16.0 Å². The van der Waals surface area contributed by atoms with Gasteiger partial charge in [0.2, 0.25) is 11.8 Å². The van der Waals surface area contributed by atoms with Crippen molar-refractivity contribution < 1.29 is 24.4 Å². The van der Waals surface area contributed by atoms with Gasteiger partial charge < -0.3 is 14.8 Å². The number of carbonyl (C=O) groups excluding carboxylic acids is 2. The molecule has 2 heterocycles. The van der Waals surface area contributed by atoms with Gasteiger partial charge in [-0.2, -0.15) is 0 Å². The van der Waals surface area contributed by atoms with E-state index >= 15 is 0 Å². The second kappa shape index (κ2) is 12.0. The van der Waals surface area contributed by atoms with Crippen molar-refractivity contribution in [2.24, 2.45) is 23.7 Å². The molecule has 0 radical (unpaired) electrons. The van der Waals surface area contributed by atoms with Crippen LogP contribution in [0.25, 0.3) is 6.08 Å². The summed E-state index contributed by atoms with van der Waals surface area (Å²) >= 11 is 0. The first kappa shape index (κ1) is 29.3. The maximum Gasteiger partial charge on any atom is 0.455 e. The Labute approximate surface area is 244 Å². The van der Waals surface area contributed by atoms with Crippen molar-refractivity contribution >= 4 is 30.7 Å². The second-order valence-corrected chi connectivity index (χ2v) is 12.3. The fourth-order valence-corrected chi connectivity index (χ4v) is 7.30. The number of rotatable bonds is 8. The molecule has 2 aromatic rings. The fourth-order valence-electron chi connectivity index (χ4n) is 7.30. The molecular formula is C34H42BNO5. The second-order valence-electron chi connectivity index (χ2n) is 12.3. The summed E-state index contributed by atoms with van der Waals surface area (Å²) in [6.45, 7) is 10.3. The molecule has 1 aliphatic carbocycles. The van der Waals surface area contributed by atoms with Crippen LogP contribution in [0.5, 0.6) is 5.75 Å². The first-order valence-corrected chi connectivity index (χ1v) is 15.1. The molecule has 0 aromatic heterocycles. The summed E-state index contributed by atoms with van der Waals surface area (Å²) in [6, 6.07) is 13.2. The third kappa shape index (κ3) is 5.67. The van der Waals surface area contributed by atoms with E-state index in [4.69, 9.17) is 4.65 Å². The van der Waals surface area contributed by atoms with E-state index in [1.54, 1.807) is 0 Å². The number of hydrogen-bond acceptors (Lipinski definition) is 5. The van der Waals surface area contributed by atoms with Crippen LogP contribution in [0, 0.1) is 37.5 Å². The first-order valence-electron chi connectivity index (χ1n) is 15.1. The summed E-state index contributed by atoms with van der Waals surface area (Å²) in [7, 11) is -0.976. The van der Waals surface area contributed by atoms with Gasteiger partial charge in [-0.15, -0.1) is 0 Å². The number of nitrogens with zero attached hydrogens (tertiary/aromatic N) is 1. The number of fused-ring (bicyclic) bond motifs is 3. The lowest BCUT2D eigenvalue weighted by Crippen LogP contribution is -2.46. The van der Waals surface area contributed by atoms with Gasteiger partial charge in [0.25, 0.3) is 0 Å². The molecule has 5 rings (SSSR count). The van der Waals surface area contributed by atoms with Crippen molar-refractivity contribution in [2.45, 2.75) is 79.1 Å². The van der Waals surface area contributed by atoms with Crippen LogP contribution in [0.2, 0.25) is 6.32 Å². The third-order valence-corrected chi connectivity index (χ3v) is 9.14. The molecule has 2 aliphatic heterocycles. The molecule has 0 unspecified atom stereocenters. The zero-order valence-corrected chi connectivity index (χ0v) is 24.9. The number of amides is 2. The minimum atomic E-state index is -0.976. The smallest absolute Gasteiger partial charge is 0.455 e. The van der Waals surface area contributed by atoms with E-state index in [0.29, 0.717) is 30.6 Å². The van der Waals surface area contributed by atoms with Crippen molar-refractivity contribution in [3.63, 3.8) is 0 Å². The van der Waals surface area contributed by atoms with E-state index in [1.807, 2.05) is 56.3 Å². The van der Waals surface area contributed by atoms with Gasteiger partial charge in [-0.25, -0.2) is 0 Å². The number of hydrogen-bond donors (Lipinski definition) is 2. The topological polar surface area (TPSA) is 87.1 Å². The highest BCUT2D eigenvalue weighted by Gasteiger charge is 2.57. The summed E-state index contributed by atoms with van der Waals surface area (Å²) in [5.74, 6) is -0.846. The predicted octanol–water partition coefficient (Wildman–Crippen LogP) is 6.63. The number of imide groups is 1. The van der Waals surface area contributed by atoms with Crippen molar-refractivity contribution in [3.8, 4) is 5.75 Å². The molecule has 216 valence electrons. The molecule has 7 heteroatoms. The monoisotopic (exact) mass is 555 g/mol. The first-order chi connectivity index (χ1) is 19.6. The standard InChI is InChI=1S/C34H42BNO5/c1-6-10-23(17-24-15-21(4)32(37)22(5)16-24)13-14-29-30-26(20(2)3)18-27-31(28(30)19-35(40)41-29)34(39)36(33(27)38)25-11-8-7-9-12-25/h7-9,11-12,15-17,20,27-29,31,37,40H,6,10,13-14,18-19H2,1-5H3/b23-17+/t27-,28+,29-,31-/m1/s1. The molecule has 3 aliphatic rings. The summed E-state index contributed by atoms with van der Waals surface area (Å²) in [4.78, 5) is 28.9. The van der Waals surface area contributed by atoms with Crippen molar-refractivity contribution in [2.75, 3.05) is 4.90 Å². The van der Waals surface area contributed by atoms with Gasteiger partial charge >= 0.3 is 7.12 Å². The lowest BCUT2D eigenvalue weighted by molar-refractivity contribution is -0.122. The number of phenolic OH excluding ortho intramolecular Hbond substituents is 1. The van der Waals surface area contributed by atoms with Gasteiger partial charge in [0.05, 0.1) is 23.6 Å². The van der Waals surface area contributed by atoms with E-state index in [9.17, 15) is 19.7 Å². The van der Waals surface area contributed by atoms with Crippen molar-refractivity contribution in [1.29, 1.82) is 0 Å². The molecule has 6 nitrogen and oxygen atoms in total. The largest absolute Gasteiger partial charge is 0.507 e. The van der Waals surface area contributed by atoms with Gasteiger partial charge in [0, 0.05) is 0 Å². The van der Waals surface area contributed by atoms with E-state index in [2.05, 4.69) is 26.8 Å². The van der Waals surface area contributed by atoms with Gasteiger partial charge in [0.1, 0.15) is 5.75 Å². The minimum absolute atomic E-state index is 0.131. The lowest BCUT2D eigenvalue weighted by atomic mass is 9.57. The van der Waals surface area contributed by atoms with Crippen molar-refractivity contribution in [3.05, 3.63) is 75.9 Å². The zero-order chi connectivity index (χ0) is 29.4. The van der Waals surface area contributed by atoms with Crippen LogP contribution >= 0.6 is 0 Å². The molecule has 2 amide bonds. The molecule has 4 atom stereocenters. The Morgan fingerprint density at radius 1 is 1.07 bits per heavy atom. The molecule has 2 fully saturated rings. The molecule has 0 spiro atoms. The Morgan fingerprint density at radius 2 is 1.76 bits per heavy atom. The lowest BCUT2D eigenvalue weighted by Gasteiger charge is -2.44. The maximum atomic E-state index is 13.9. The Hall–Kier alpha value is -3.16. The maximum absolute atomic E-state index is 13.9. The highest BCUT2D eigenvalue weighted by atomic mass is 16.5. The van der Waals surface area contributed by atoms with Crippen LogP contribution in [-0.4, -0.2) is 35.2 Å². The Morgan fingerprint density at radius 3 is 2.39 bits per heavy atom. The number of benzene rings is 2. The minimum Gasteiger partial charge on any atom is -0.507 e. The number of phenols is 1. The molecule has 0 bridgehead atoms. The van der Waals surface area contributed by atoms with Gasteiger partial charge in [-0.05, 0) is 104 Å². The Balaban J connectivity index is 1.45. The number of anilines is 1. The molecule has 2 N–H and O–H groups in total. The normalized spacial score (nSPS) is 24.8. The van der Waals surface area contributed by atoms with Crippen molar-refractivity contribution in [1.82, 2.24) is 0 Å². The average molecular weight is 556 g/mol. The van der Waals surface area contributed by atoms with E-state index in [0.717, 1.165) is 41.5 Å². The quantitative estimate of drug-likeness (QED) is 0.217. The Bertz CT molecular complexity index is 1360. The van der Waals surface area contributed by atoms with Gasteiger partial charge in [-0.1, -0.05) is 62.6 Å². The highest BCUT2D eigenvalue weighted by Crippen LogP contribution is 2.52. The van der Waals surface area contributed by atoms with Crippen LogP contribution in [0.1, 0.15) is 69.6 Å². The number of aryl methyl sites for hydroxylation is 2. The number of allylic oxidation sites excluding steroid dienone is 2. The Kier molecular flexibility index (Phi) is 8.58.